The van der Waals surface area contributed by atoms with Gasteiger partial charge in [-0.25, -0.2) is 0 Å². The number of nitrogens with one attached hydrogen (secondary N) is 1. The van der Waals surface area contributed by atoms with E-state index in [1.165, 1.54) is 6.20 Å². The van der Waals surface area contributed by atoms with Crippen LogP contribution in [0.15, 0.2) is 18.3 Å². The van der Waals surface area contributed by atoms with E-state index in [0.29, 0.717) is 17.2 Å². The molecule has 0 spiro atoms. The molecule has 1 N–H and O–H groups in total. The SMILES string of the molecule is FC(F)(F)c1nsc(NCc2cccnn2)n1. The second-order valence-corrected chi connectivity index (χ2v) is 3.74. The lowest BCUT2D eigenvalue weighted by Gasteiger charge is -2.00. The molecule has 0 aliphatic carbocycles. The fourth-order valence-electron chi connectivity index (χ4n) is 1.00. The van der Waals surface area contributed by atoms with Crippen LogP contribution in [0.2, 0.25) is 0 Å². The summed E-state index contributed by atoms with van der Waals surface area (Å²) in [7, 11) is 0. The summed E-state index contributed by atoms with van der Waals surface area (Å²) in [4.78, 5) is 3.32. The Bertz CT molecular complexity index is 483. The lowest BCUT2D eigenvalue weighted by molar-refractivity contribution is -0.144. The van der Waals surface area contributed by atoms with Gasteiger partial charge in [0.25, 0.3) is 0 Å². The highest BCUT2D eigenvalue weighted by atomic mass is 32.1. The second kappa shape index (κ2) is 4.62. The van der Waals surface area contributed by atoms with Crippen LogP contribution in [0.1, 0.15) is 11.5 Å². The maximum absolute atomic E-state index is 12.2. The Balaban J connectivity index is 1.99. The van der Waals surface area contributed by atoms with E-state index in [1.807, 2.05) is 0 Å². The van der Waals surface area contributed by atoms with Gasteiger partial charge in [0.05, 0.1) is 12.2 Å². The zero-order valence-corrected chi connectivity index (χ0v) is 9.09. The summed E-state index contributed by atoms with van der Waals surface area (Å²) in [5, 5.41) is 10.2. The lowest BCUT2D eigenvalue weighted by Crippen LogP contribution is -2.08. The molecule has 0 unspecified atom stereocenters. The van der Waals surface area contributed by atoms with Crippen LogP contribution in [-0.2, 0) is 12.7 Å². The van der Waals surface area contributed by atoms with Crippen molar-refractivity contribution in [3.8, 4) is 0 Å². The van der Waals surface area contributed by atoms with Crippen LogP contribution in [0, 0.1) is 0 Å². The summed E-state index contributed by atoms with van der Waals surface area (Å²) in [5.74, 6) is -1.14. The maximum Gasteiger partial charge on any atom is 0.452 e. The van der Waals surface area contributed by atoms with E-state index in [0.717, 1.165) is 0 Å². The van der Waals surface area contributed by atoms with Crippen LogP contribution in [0.4, 0.5) is 18.3 Å². The van der Waals surface area contributed by atoms with Crippen molar-refractivity contribution < 1.29 is 13.2 Å². The third-order valence-corrected chi connectivity index (χ3v) is 2.40. The summed E-state index contributed by atoms with van der Waals surface area (Å²) in [6.45, 7) is 0.250. The monoisotopic (exact) mass is 261 g/mol. The molecule has 0 saturated carbocycles. The van der Waals surface area contributed by atoms with Gasteiger partial charge in [-0.05, 0) is 12.1 Å². The van der Waals surface area contributed by atoms with E-state index in [9.17, 15) is 13.2 Å². The van der Waals surface area contributed by atoms with Crippen molar-refractivity contribution in [1.82, 2.24) is 19.6 Å². The van der Waals surface area contributed by atoms with Gasteiger partial charge in [0.2, 0.25) is 11.0 Å². The molecule has 5 nitrogen and oxygen atoms in total. The summed E-state index contributed by atoms with van der Waals surface area (Å²) < 4.78 is 39.8. The van der Waals surface area contributed by atoms with Gasteiger partial charge < -0.3 is 5.32 Å². The fraction of sp³-hybridized carbons (Fsp3) is 0.250. The normalized spacial score (nSPS) is 11.5. The third-order valence-electron chi connectivity index (χ3n) is 1.73. The van der Waals surface area contributed by atoms with Crippen LogP contribution < -0.4 is 5.32 Å². The first-order chi connectivity index (χ1) is 8.05. The van der Waals surface area contributed by atoms with Crippen molar-refractivity contribution in [2.45, 2.75) is 12.7 Å². The molecular weight excluding hydrogens is 255 g/mol. The predicted octanol–water partition coefficient (Wildman–Crippen LogP) is 1.96. The first kappa shape index (κ1) is 11.7. The topological polar surface area (TPSA) is 63.6 Å². The average Bonchev–Trinajstić information content (AvgIpc) is 2.76. The molecule has 2 heterocycles. The minimum Gasteiger partial charge on any atom is -0.355 e. The van der Waals surface area contributed by atoms with Crippen molar-refractivity contribution in [3.63, 3.8) is 0 Å². The third kappa shape index (κ3) is 3.09. The molecule has 0 aliphatic rings. The number of nitrogens with zero attached hydrogens (tertiary/aromatic N) is 4. The van der Waals surface area contributed by atoms with Crippen LogP contribution >= 0.6 is 11.5 Å². The molecule has 0 aromatic carbocycles. The summed E-state index contributed by atoms with van der Waals surface area (Å²) in [6.07, 6.45) is -3.00. The first-order valence-electron chi connectivity index (χ1n) is 4.47. The fourth-order valence-corrected chi connectivity index (χ4v) is 1.59. The molecule has 0 radical (unpaired) electrons. The Morgan fingerprint density at radius 3 is 2.76 bits per heavy atom. The van der Waals surface area contributed by atoms with Gasteiger partial charge in [-0.3, -0.25) is 0 Å². The van der Waals surface area contributed by atoms with E-state index >= 15 is 0 Å². The van der Waals surface area contributed by atoms with Crippen molar-refractivity contribution >= 4 is 16.7 Å². The Morgan fingerprint density at radius 2 is 2.18 bits per heavy atom. The number of halogens is 3. The highest BCUT2D eigenvalue weighted by Crippen LogP contribution is 2.28. The maximum atomic E-state index is 12.2. The molecule has 2 aromatic heterocycles. The molecular formula is C8H6F3N5S. The van der Waals surface area contributed by atoms with E-state index < -0.39 is 12.0 Å². The molecule has 2 rings (SSSR count). The van der Waals surface area contributed by atoms with Gasteiger partial charge >= 0.3 is 6.18 Å². The van der Waals surface area contributed by atoms with Crippen LogP contribution in [-0.4, -0.2) is 19.6 Å². The summed E-state index contributed by atoms with van der Waals surface area (Å²) >= 11 is 0.655. The number of alkyl halides is 3. The minimum absolute atomic E-state index is 0.1000. The highest BCUT2D eigenvalue weighted by Gasteiger charge is 2.36. The Kier molecular flexibility index (Phi) is 3.18. The lowest BCUT2D eigenvalue weighted by atomic mass is 10.4. The van der Waals surface area contributed by atoms with Crippen LogP contribution in [0.5, 0.6) is 0 Å². The van der Waals surface area contributed by atoms with Crippen LogP contribution in [0.3, 0.4) is 0 Å². The number of rotatable bonds is 3. The zero-order valence-electron chi connectivity index (χ0n) is 8.27. The average molecular weight is 261 g/mol. The molecule has 0 amide bonds. The van der Waals surface area contributed by atoms with Crippen molar-refractivity contribution in [1.29, 1.82) is 0 Å². The largest absolute Gasteiger partial charge is 0.452 e. The minimum atomic E-state index is -4.51. The van der Waals surface area contributed by atoms with Crippen LogP contribution in [0.25, 0.3) is 0 Å². The van der Waals surface area contributed by atoms with Gasteiger partial charge in [0.15, 0.2) is 0 Å². The predicted molar refractivity (Wildman–Crippen MR) is 54.3 cm³/mol. The van der Waals surface area contributed by atoms with Crippen molar-refractivity contribution in [2.24, 2.45) is 0 Å². The molecule has 0 saturated heterocycles. The molecule has 0 atom stereocenters. The van der Waals surface area contributed by atoms with Gasteiger partial charge in [0, 0.05) is 17.7 Å². The van der Waals surface area contributed by atoms with E-state index in [-0.39, 0.29) is 11.7 Å². The Hall–Kier alpha value is -1.77. The van der Waals surface area contributed by atoms with Gasteiger partial charge in [0.1, 0.15) is 0 Å². The quantitative estimate of drug-likeness (QED) is 0.915. The standard InChI is InChI=1S/C8H6F3N5S/c9-8(10,11)6-14-7(17-16-6)12-4-5-2-1-3-13-15-5/h1-3H,4H2,(H,12,14,16). The first-order valence-corrected chi connectivity index (χ1v) is 5.24. The van der Waals surface area contributed by atoms with Gasteiger partial charge in [-0.15, -0.1) is 0 Å². The number of aromatic nitrogens is 4. The zero-order chi connectivity index (χ0) is 12.3. The second-order valence-electron chi connectivity index (χ2n) is 2.99. The smallest absolute Gasteiger partial charge is 0.355 e. The molecule has 0 aliphatic heterocycles. The van der Waals surface area contributed by atoms with E-state index in [4.69, 9.17) is 0 Å². The molecule has 17 heavy (non-hydrogen) atoms. The molecule has 90 valence electrons. The van der Waals surface area contributed by atoms with Gasteiger partial charge in [-0.1, -0.05) is 0 Å². The van der Waals surface area contributed by atoms with E-state index in [2.05, 4.69) is 24.9 Å². The van der Waals surface area contributed by atoms with E-state index in [1.54, 1.807) is 12.1 Å². The molecule has 0 bridgehead atoms. The molecule has 9 heteroatoms. The van der Waals surface area contributed by atoms with Crippen molar-refractivity contribution in [3.05, 3.63) is 29.8 Å². The molecule has 2 aromatic rings. The molecule has 0 fully saturated rings. The number of hydrogen-bond acceptors (Lipinski definition) is 6. The summed E-state index contributed by atoms with van der Waals surface area (Å²) in [6, 6.07) is 3.39. The highest BCUT2D eigenvalue weighted by molar-refractivity contribution is 7.09. The van der Waals surface area contributed by atoms with Crippen molar-refractivity contribution in [2.75, 3.05) is 5.32 Å². The number of anilines is 1. The Morgan fingerprint density at radius 1 is 1.35 bits per heavy atom. The summed E-state index contributed by atoms with van der Waals surface area (Å²) in [5.41, 5.74) is 0.608. The van der Waals surface area contributed by atoms with Gasteiger partial charge in [-0.2, -0.15) is 32.7 Å². The Labute approximate surface area is 97.9 Å². The number of hydrogen-bond donors (Lipinski definition) is 1.